The Morgan fingerprint density at radius 2 is 2.17 bits per heavy atom. The number of hydrogen-bond acceptors (Lipinski definition) is 3. The molecular formula is C14H18N2O2. The summed E-state index contributed by atoms with van der Waals surface area (Å²) in [5.41, 5.74) is 6.71. The van der Waals surface area contributed by atoms with E-state index in [1.807, 2.05) is 29.2 Å². The molecule has 3 rings (SSSR count). The Bertz CT molecular complexity index is 432. The van der Waals surface area contributed by atoms with Crippen LogP contribution in [0.15, 0.2) is 24.3 Å². The maximum absolute atomic E-state index is 12.4. The molecule has 0 aromatic heterocycles. The minimum Gasteiger partial charge on any atom is -0.480 e. The third-order valence-electron chi connectivity index (χ3n) is 3.56. The van der Waals surface area contributed by atoms with Gasteiger partial charge in [-0.2, -0.15) is 0 Å². The number of carbonyl (C=O) groups is 1. The van der Waals surface area contributed by atoms with Crippen molar-refractivity contribution in [1.82, 2.24) is 4.90 Å². The van der Waals surface area contributed by atoms with Crippen LogP contribution in [0.5, 0.6) is 5.75 Å². The quantitative estimate of drug-likeness (QED) is 0.860. The molecule has 1 aliphatic carbocycles. The Labute approximate surface area is 107 Å². The summed E-state index contributed by atoms with van der Waals surface area (Å²) in [6.07, 6.45) is 2.54. The molecule has 0 bridgehead atoms. The van der Waals surface area contributed by atoms with Crippen molar-refractivity contribution in [3.05, 3.63) is 29.8 Å². The van der Waals surface area contributed by atoms with Crippen molar-refractivity contribution < 1.29 is 9.53 Å². The predicted molar refractivity (Wildman–Crippen MR) is 68.4 cm³/mol. The normalized spacial score (nSPS) is 21.3. The van der Waals surface area contributed by atoms with Crippen LogP contribution >= 0.6 is 0 Å². The minimum atomic E-state index is -0.352. The zero-order valence-electron chi connectivity index (χ0n) is 10.3. The molecule has 2 aliphatic rings. The van der Waals surface area contributed by atoms with Gasteiger partial charge >= 0.3 is 0 Å². The van der Waals surface area contributed by atoms with Crippen molar-refractivity contribution in [2.45, 2.75) is 31.4 Å². The fourth-order valence-electron chi connectivity index (χ4n) is 2.50. The fraction of sp³-hybridized carbons (Fsp3) is 0.500. The van der Waals surface area contributed by atoms with Crippen LogP contribution in [0.25, 0.3) is 0 Å². The molecule has 4 nitrogen and oxygen atoms in total. The van der Waals surface area contributed by atoms with Gasteiger partial charge in [0.05, 0.1) is 0 Å². The number of para-hydroxylation sites is 1. The molecule has 1 saturated carbocycles. The van der Waals surface area contributed by atoms with Crippen molar-refractivity contribution >= 4 is 5.91 Å². The largest absolute Gasteiger partial charge is 0.480 e. The van der Waals surface area contributed by atoms with Gasteiger partial charge in [-0.3, -0.25) is 4.79 Å². The van der Waals surface area contributed by atoms with Crippen LogP contribution < -0.4 is 10.5 Å². The fourth-order valence-corrected chi connectivity index (χ4v) is 2.50. The summed E-state index contributed by atoms with van der Waals surface area (Å²) in [5.74, 6) is 0.943. The standard InChI is InChI=1S/C14H18N2O2/c15-7-8-16(11-5-6-11)14(17)13-9-10-3-1-2-4-12(10)18-13/h1-4,11,13H,5-9,15H2. The average Bonchev–Trinajstić information content (AvgIpc) is 3.13. The molecule has 2 N–H and O–H groups in total. The summed E-state index contributed by atoms with van der Waals surface area (Å²) in [4.78, 5) is 14.3. The van der Waals surface area contributed by atoms with E-state index < -0.39 is 0 Å². The number of carbonyl (C=O) groups excluding carboxylic acids is 1. The number of nitrogens with zero attached hydrogens (tertiary/aromatic N) is 1. The SMILES string of the molecule is NCCN(C(=O)C1Cc2ccccc2O1)C1CC1. The Morgan fingerprint density at radius 1 is 1.39 bits per heavy atom. The molecule has 0 spiro atoms. The van der Waals surface area contributed by atoms with E-state index in [1.54, 1.807) is 0 Å². The molecule has 0 radical (unpaired) electrons. The number of hydrogen-bond donors (Lipinski definition) is 1. The van der Waals surface area contributed by atoms with Gasteiger partial charge < -0.3 is 15.4 Å². The van der Waals surface area contributed by atoms with Crippen molar-refractivity contribution in [3.63, 3.8) is 0 Å². The summed E-state index contributed by atoms with van der Waals surface area (Å²) < 4.78 is 5.74. The van der Waals surface area contributed by atoms with Crippen LogP contribution in [0.1, 0.15) is 18.4 Å². The van der Waals surface area contributed by atoms with Gasteiger partial charge in [-0.25, -0.2) is 0 Å². The third kappa shape index (κ3) is 2.08. The van der Waals surface area contributed by atoms with Gasteiger partial charge in [0.1, 0.15) is 5.75 Å². The van der Waals surface area contributed by atoms with Gasteiger partial charge in [0, 0.05) is 25.6 Å². The molecule has 1 amide bonds. The Balaban J connectivity index is 1.71. The molecule has 1 aliphatic heterocycles. The Morgan fingerprint density at radius 3 is 2.83 bits per heavy atom. The van der Waals surface area contributed by atoms with Gasteiger partial charge in [-0.05, 0) is 24.5 Å². The topological polar surface area (TPSA) is 55.6 Å². The predicted octanol–water partition coefficient (Wildman–Crippen LogP) is 0.940. The van der Waals surface area contributed by atoms with E-state index in [-0.39, 0.29) is 12.0 Å². The number of fused-ring (bicyclic) bond motifs is 1. The number of amides is 1. The lowest BCUT2D eigenvalue weighted by Crippen LogP contribution is -2.44. The second kappa shape index (κ2) is 4.61. The molecule has 1 unspecified atom stereocenters. The molecule has 1 atom stereocenters. The highest BCUT2D eigenvalue weighted by atomic mass is 16.5. The lowest BCUT2D eigenvalue weighted by molar-refractivity contribution is -0.138. The van der Waals surface area contributed by atoms with E-state index in [2.05, 4.69) is 0 Å². The second-order valence-corrected chi connectivity index (χ2v) is 4.97. The molecule has 1 heterocycles. The molecule has 4 heteroatoms. The first-order chi connectivity index (χ1) is 8.79. The van der Waals surface area contributed by atoms with Crippen LogP contribution in [0.2, 0.25) is 0 Å². The lowest BCUT2D eigenvalue weighted by Gasteiger charge is -2.24. The van der Waals surface area contributed by atoms with E-state index in [9.17, 15) is 4.79 Å². The van der Waals surface area contributed by atoms with Gasteiger partial charge in [0.15, 0.2) is 6.10 Å². The van der Waals surface area contributed by atoms with Crippen LogP contribution in [-0.2, 0) is 11.2 Å². The van der Waals surface area contributed by atoms with E-state index in [1.165, 1.54) is 0 Å². The van der Waals surface area contributed by atoms with Gasteiger partial charge in [0.25, 0.3) is 5.91 Å². The Kier molecular flexibility index (Phi) is 2.96. The van der Waals surface area contributed by atoms with Gasteiger partial charge in [-0.15, -0.1) is 0 Å². The summed E-state index contributed by atoms with van der Waals surface area (Å²) in [5, 5.41) is 0. The van der Waals surface area contributed by atoms with Crippen LogP contribution in [0, 0.1) is 0 Å². The number of nitrogens with two attached hydrogens (primary N) is 1. The molecule has 18 heavy (non-hydrogen) atoms. The molecule has 96 valence electrons. The lowest BCUT2D eigenvalue weighted by atomic mass is 10.1. The van der Waals surface area contributed by atoms with Crippen molar-refractivity contribution in [2.24, 2.45) is 5.73 Å². The maximum Gasteiger partial charge on any atom is 0.264 e. The zero-order chi connectivity index (χ0) is 12.5. The molecular weight excluding hydrogens is 228 g/mol. The smallest absolute Gasteiger partial charge is 0.264 e. The maximum atomic E-state index is 12.4. The highest BCUT2D eigenvalue weighted by molar-refractivity contribution is 5.83. The second-order valence-electron chi connectivity index (χ2n) is 4.97. The van der Waals surface area contributed by atoms with Crippen molar-refractivity contribution in [1.29, 1.82) is 0 Å². The first kappa shape index (κ1) is 11.5. The van der Waals surface area contributed by atoms with Crippen LogP contribution in [0.3, 0.4) is 0 Å². The van der Waals surface area contributed by atoms with Crippen molar-refractivity contribution in [3.8, 4) is 5.75 Å². The molecule has 1 fully saturated rings. The van der Waals surface area contributed by atoms with Gasteiger partial charge in [0.2, 0.25) is 0 Å². The third-order valence-corrected chi connectivity index (χ3v) is 3.56. The highest BCUT2D eigenvalue weighted by Gasteiger charge is 2.38. The number of benzene rings is 1. The molecule has 0 saturated heterocycles. The van der Waals surface area contributed by atoms with Crippen LogP contribution in [0.4, 0.5) is 0 Å². The summed E-state index contributed by atoms with van der Waals surface area (Å²) in [6, 6.07) is 8.26. The first-order valence-electron chi connectivity index (χ1n) is 6.54. The average molecular weight is 246 g/mol. The monoisotopic (exact) mass is 246 g/mol. The van der Waals surface area contributed by atoms with Crippen molar-refractivity contribution in [2.75, 3.05) is 13.1 Å². The van der Waals surface area contributed by atoms with E-state index in [0.717, 1.165) is 24.2 Å². The van der Waals surface area contributed by atoms with Gasteiger partial charge in [-0.1, -0.05) is 18.2 Å². The molecule has 1 aromatic rings. The van der Waals surface area contributed by atoms with E-state index >= 15 is 0 Å². The van der Waals surface area contributed by atoms with E-state index in [4.69, 9.17) is 10.5 Å². The summed E-state index contributed by atoms with van der Waals surface area (Å²) >= 11 is 0. The first-order valence-corrected chi connectivity index (χ1v) is 6.54. The van der Waals surface area contributed by atoms with E-state index in [0.29, 0.717) is 25.6 Å². The number of rotatable bonds is 4. The molecule has 1 aromatic carbocycles. The number of ether oxygens (including phenoxy) is 1. The summed E-state index contributed by atoms with van der Waals surface area (Å²) in [6.45, 7) is 1.15. The zero-order valence-corrected chi connectivity index (χ0v) is 10.3. The van der Waals surface area contributed by atoms with Crippen LogP contribution in [-0.4, -0.2) is 36.0 Å². The highest BCUT2D eigenvalue weighted by Crippen LogP contribution is 2.32. The minimum absolute atomic E-state index is 0.0964. The Hall–Kier alpha value is -1.55. The summed E-state index contributed by atoms with van der Waals surface area (Å²) in [7, 11) is 0.